The molecule has 0 aromatic heterocycles. The quantitative estimate of drug-likeness (QED) is 0.568. The van der Waals surface area contributed by atoms with E-state index in [1.165, 1.54) is 30.2 Å². The summed E-state index contributed by atoms with van der Waals surface area (Å²) in [6, 6.07) is 7.37. The van der Waals surface area contributed by atoms with Crippen LogP contribution in [0.5, 0.6) is 0 Å². The van der Waals surface area contributed by atoms with Gasteiger partial charge in [-0.1, -0.05) is 53.6 Å². The van der Waals surface area contributed by atoms with Crippen LogP contribution in [0.15, 0.2) is 0 Å². The highest BCUT2D eigenvalue weighted by atomic mass is 29.7. The zero-order valence-electron chi connectivity index (χ0n) is 16.2. The molecule has 0 radical (unpaired) electrons. The SMILES string of the molecule is CCC1(OC)C[Si](CC)(OC)[Si](CC)(CC)[Si](CC)(CC)O1. The molecule has 0 bridgehead atoms. The van der Waals surface area contributed by atoms with Gasteiger partial charge in [-0.2, -0.15) is 0 Å². The summed E-state index contributed by atoms with van der Waals surface area (Å²) in [6.07, 6.45) is 0.939. The smallest absolute Gasteiger partial charge is 0.184 e. The maximum absolute atomic E-state index is 7.05. The van der Waals surface area contributed by atoms with Crippen LogP contribution in [0.25, 0.3) is 0 Å². The van der Waals surface area contributed by atoms with Gasteiger partial charge in [0.15, 0.2) is 21.5 Å². The molecule has 1 saturated heterocycles. The molecule has 1 heterocycles. The van der Waals surface area contributed by atoms with Crippen molar-refractivity contribution in [3.63, 3.8) is 0 Å². The Bertz CT molecular complexity index is 321. The van der Waals surface area contributed by atoms with E-state index in [1.807, 2.05) is 14.2 Å². The molecular weight excluding hydrogens is 324 g/mol. The first-order valence-corrected chi connectivity index (χ1v) is 18.3. The van der Waals surface area contributed by atoms with Gasteiger partial charge in [0, 0.05) is 20.3 Å². The Kier molecular flexibility index (Phi) is 7.12. The van der Waals surface area contributed by atoms with Crippen molar-refractivity contribution in [1.82, 2.24) is 0 Å². The van der Waals surface area contributed by atoms with Crippen molar-refractivity contribution in [2.24, 2.45) is 0 Å². The van der Waals surface area contributed by atoms with Crippen molar-refractivity contribution in [3.05, 3.63) is 0 Å². The van der Waals surface area contributed by atoms with Crippen LogP contribution in [0.4, 0.5) is 0 Å². The molecule has 1 aliphatic rings. The van der Waals surface area contributed by atoms with E-state index in [2.05, 4.69) is 41.5 Å². The van der Waals surface area contributed by atoms with Crippen molar-refractivity contribution in [1.29, 1.82) is 0 Å². The summed E-state index contributed by atoms with van der Waals surface area (Å²) in [5.74, 6) is -0.378. The fourth-order valence-corrected chi connectivity index (χ4v) is 51.1. The lowest BCUT2D eigenvalue weighted by molar-refractivity contribution is -0.160. The van der Waals surface area contributed by atoms with E-state index < -0.39 is 22.8 Å². The van der Waals surface area contributed by atoms with Crippen LogP contribution >= 0.6 is 0 Å². The van der Waals surface area contributed by atoms with E-state index in [0.29, 0.717) is 0 Å². The number of hydrogen-bond donors (Lipinski definition) is 0. The van der Waals surface area contributed by atoms with Gasteiger partial charge in [0.25, 0.3) is 0 Å². The Hall–Kier alpha value is 0.531. The molecule has 1 rings (SSSR count). The maximum atomic E-state index is 7.05. The average Bonchev–Trinajstić information content (AvgIpc) is 2.60. The third-order valence-corrected chi connectivity index (χ3v) is 46.4. The molecule has 0 spiro atoms. The normalized spacial score (nSPS) is 33.8. The van der Waals surface area contributed by atoms with Gasteiger partial charge in [-0.3, -0.25) is 0 Å². The molecule has 0 aliphatic carbocycles. The zero-order valence-corrected chi connectivity index (χ0v) is 19.2. The van der Waals surface area contributed by atoms with E-state index in [-0.39, 0.29) is 5.79 Å². The number of methoxy groups -OCH3 is 1. The minimum Gasteiger partial charge on any atom is -0.423 e. The van der Waals surface area contributed by atoms with Gasteiger partial charge in [0.2, 0.25) is 0 Å². The minimum absolute atomic E-state index is 0.378. The summed E-state index contributed by atoms with van der Waals surface area (Å²) in [4.78, 5) is 0. The molecule has 2 unspecified atom stereocenters. The lowest BCUT2D eigenvalue weighted by atomic mass is 10.2. The largest absolute Gasteiger partial charge is 0.423 e. The summed E-state index contributed by atoms with van der Waals surface area (Å²) in [7, 11) is -1.35. The zero-order chi connectivity index (χ0) is 17.1. The van der Waals surface area contributed by atoms with E-state index in [4.69, 9.17) is 13.6 Å². The first-order chi connectivity index (χ1) is 10.4. The number of rotatable bonds is 8. The topological polar surface area (TPSA) is 27.7 Å². The van der Waals surface area contributed by atoms with Crippen LogP contribution < -0.4 is 0 Å². The predicted molar refractivity (Wildman–Crippen MR) is 103 cm³/mol. The molecule has 0 saturated carbocycles. The van der Waals surface area contributed by atoms with Crippen LogP contribution in [0.2, 0.25) is 36.3 Å². The van der Waals surface area contributed by atoms with E-state index in [9.17, 15) is 0 Å². The van der Waals surface area contributed by atoms with Gasteiger partial charge in [-0.25, -0.2) is 0 Å². The Morgan fingerprint density at radius 1 is 0.864 bits per heavy atom. The van der Waals surface area contributed by atoms with E-state index in [1.54, 1.807) is 0 Å². The summed E-state index contributed by atoms with van der Waals surface area (Å²) in [5, 5.41) is 0. The molecule has 132 valence electrons. The third-order valence-electron chi connectivity index (χ3n) is 6.90. The van der Waals surface area contributed by atoms with E-state index >= 15 is 0 Å². The van der Waals surface area contributed by atoms with Crippen molar-refractivity contribution in [2.45, 2.75) is 90.0 Å². The first kappa shape index (κ1) is 20.6. The van der Waals surface area contributed by atoms with Crippen molar-refractivity contribution >= 4 is 22.8 Å². The molecule has 0 N–H and O–H groups in total. The van der Waals surface area contributed by atoms with Crippen molar-refractivity contribution in [2.75, 3.05) is 14.2 Å². The van der Waals surface area contributed by atoms with Gasteiger partial charge >= 0.3 is 0 Å². The Morgan fingerprint density at radius 3 is 1.68 bits per heavy atom. The third kappa shape index (κ3) is 2.63. The molecule has 1 fully saturated rings. The van der Waals surface area contributed by atoms with Crippen LogP contribution in [-0.4, -0.2) is 42.8 Å². The standard InChI is InChI=1S/C16H38O3Si3/c1-9-16(17-7)15-21(12-4,18-8)22(13-5,14-6)20(10-2,11-3)19-16/h9-15H2,1-8H3. The number of ether oxygens (including phenoxy) is 1. The lowest BCUT2D eigenvalue weighted by Crippen LogP contribution is -2.84. The predicted octanol–water partition coefficient (Wildman–Crippen LogP) is 5.01. The van der Waals surface area contributed by atoms with Gasteiger partial charge in [-0.05, 0) is 24.6 Å². The van der Waals surface area contributed by atoms with Gasteiger partial charge in [-0.15, -0.1) is 0 Å². The van der Waals surface area contributed by atoms with Crippen LogP contribution in [-0.2, 0) is 13.6 Å². The second-order valence-electron chi connectivity index (χ2n) is 6.79. The number of hydrogen-bond acceptors (Lipinski definition) is 3. The molecule has 0 amide bonds. The lowest BCUT2D eigenvalue weighted by Gasteiger charge is -2.63. The molecule has 1 aliphatic heterocycles. The minimum atomic E-state index is -1.81. The van der Waals surface area contributed by atoms with E-state index in [0.717, 1.165) is 12.5 Å². The average molecular weight is 363 g/mol. The fraction of sp³-hybridized carbons (Fsp3) is 1.00. The second kappa shape index (κ2) is 7.61. The Morgan fingerprint density at radius 2 is 1.41 bits per heavy atom. The second-order valence-corrected chi connectivity index (χ2v) is 30.1. The summed E-state index contributed by atoms with van der Waals surface area (Å²) in [6.45, 7) is 14.2. The Labute approximate surface area is 141 Å². The molecule has 0 aromatic rings. The highest BCUT2D eigenvalue weighted by molar-refractivity contribution is 7.67. The highest BCUT2D eigenvalue weighted by Crippen LogP contribution is 2.53. The summed E-state index contributed by atoms with van der Waals surface area (Å²) in [5.41, 5.74) is 0. The molecule has 22 heavy (non-hydrogen) atoms. The Balaban J connectivity index is 3.63. The fourth-order valence-electron chi connectivity index (χ4n) is 5.45. The van der Waals surface area contributed by atoms with Crippen LogP contribution in [0, 0.1) is 0 Å². The van der Waals surface area contributed by atoms with Crippen molar-refractivity contribution < 1.29 is 13.6 Å². The van der Waals surface area contributed by atoms with Gasteiger partial charge in [0.05, 0.1) is 0 Å². The first-order valence-electron chi connectivity index (χ1n) is 9.20. The van der Waals surface area contributed by atoms with Crippen LogP contribution in [0.3, 0.4) is 0 Å². The van der Waals surface area contributed by atoms with Gasteiger partial charge in [0.1, 0.15) is 7.11 Å². The van der Waals surface area contributed by atoms with Gasteiger partial charge < -0.3 is 13.6 Å². The highest BCUT2D eigenvalue weighted by Gasteiger charge is 2.72. The molecule has 2 atom stereocenters. The summed E-state index contributed by atoms with van der Waals surface area (Å²) < 4.78 is 19.6. The maximum Gasteiger partial charge on any atom is 0.184 e. The molecule has 6 heteroatoms. The summed E-state index contributed by atoms with van der Waals surface area (Å²) >= 11 is 0. The van der Waals surface area contributed by atoms with Crippen molar-refractivity contribution in [3.8, 4) is 0 Å². The monoisotopic (exact) mass is 362 g/mol. The molecule has 3 nitrogen and oxygen atoms in total. The molecule has 0 aromatic carbocycles. The molecular formula is C16H38O3Si3. The van der Waals surface area contributed by atoms with Crippen LogP contribution in [0.1, 0.15) is 48.0 Å².